The van der Waals surface area contributed by atoms with Crippen molar-refractivity contribution in [2.75, 3.05) is 13.2 Å². The van der Waals surface area contributed by atoms with Crippen molar-refractivity contribution in [2.24, 2.45) is 0 Å². The second kappa shape index (κ2) is 9.69. The SMILES string of the molecule is Cc1cc(OCCOc2ccccc2CNC(=O)CC#N)cc(C)c1Cl. The molecule has 2 aromatic rings. The molecule has 0 unspecified atom stereocenters. The van der Waals surface area contributed by atoms with Gasteiger partial charge in [0.2, 0.25) is 5.91 Å². The van der Waals surface area contributed by atoms with Crippen LogP contribution < -0.4 is 14.8 Å². The molecule has 0 aliphatic carbocycles. The van der Waals surface area contributed by atoms with E-state index in [1.54, 1.807) is 0 Å². The van der Waals surface area contributed by atoms with E-state index in [2.05, 4.69) is 5.32 Å². The van der Waals surface area contributed by atoms with Crippen molar-refractivity contribution in [3.05, 3.63) is 58.1 Å². The van der Waals surface area contributed by atoms with Crippen LogP contribution in [0.25, 0.3) is 0 Å². The molecule has 5 nitrogen and oxygen atoms in total. The van der Waals surface area contributed by atoms with Crippen LogP contribution in [-0.4, -0.2) is 19.1 Å². The van der Waals surface area contributed by atoms with Gasteiger partial charge >= 0.3 is 0 Å². The van der Waals surface area contributed by atoms with Crippen LogP contribution in [0.4, 0.5) is 0 Å². The molecule has 2 rings (SSSR count). The summed E-state index contributed by atoms with van der Waals surface area (Å²) in [4.78, 5) is 11.4. The fourth-order valence-corrected chi connectivity index (χ4v) is 2.53. The molecule has 1 amide bonds. The summed E-state index contributed by atoms with van der Waals surface area (Å²) in [5.74, 6) is 1.13. The van der Waals surface area contributed by atoms with Crippen LogP contribution in [0.3, 0.4) is 0 Å². The van der Waals surface area contributed by atoms with Gasteiger partial charge in [0, 0.05) is 17.1 Å². The normalized spacial score (nSPS) is 10.1. The summed E-state index contributed by atoms with van der Waals surface area (Å²) in [7, 11) is 0. The third-order valence-corrected chi connectivity index (χ3v) is 4.30. The maximum Gasteiger partial charge on any atom is 0.234 e. The molecule has 26 heavy (non-hydrogen) atoms. The Morgan fingerprint density at radius 1 is 1.15 bits per heavy atom. The molecule has 0 aromatic heterocycles. The first-order valence-corrected chi connectivity index (χ1v) is 8.63. The minimum Gasteiger partial charge on any atom is -0.490 e. The van der Waals surface area contributed by atoms with Gasteiger partial charge in [0.25, 0.3) is 0 Å². The van der Waals surface area contributed by atoms with Gasteiger partial charge in [0.05, 0.1) is 6.07 Å². The molecule has 0 radical (unpaired) electrons. The molecule has 0 fully saturated rings. The number of nitrogens with zero attached hydrogens (tertiary/aromatic N) is 1. The highest BCUT2D eigenvalue weighted by Crippen LogP contribution is 2.26. The van der Waals surface area contributed by atoms with Gasteiger partial charge < -0.3 is 14.8 Å². The molecule has 6 heteroatoms. The van der Waals surface area contributed by atoms with E-state index in [1.807, 2.05) is 56.3 Å². The highest BCUT2D eigenvalue weighted by Gasteiger charge is 2.07. The summed E-state index contributed by atoms with van der Waals surface area (Å²) in [6, 6.07) is 13.1. The van der Waals surface area contributed by atoms with Gasteiger partial charge in [-0.2, -0.15) is 5.26 Å². The van der Waals surface area contributed by atoms with E-state index in [0.29, 0.717) is 25.5 Å². The summed E-state index contributed by atoms with van der Waals surface area (Å²) in [6.07, 6.45) is -0.156. The first kappa shape index (κ1) is 19.6. The van der Waals surface area contributed by atoms with Gasteiger partial charge in [-0.15, -0.1) is 0 Å². The second-order valence-corrected chi connectivity index (χ2v) is 6.17. The number of ether oxygens (including phenoxy) is 2. The average Bonchev–Trinajstić information content (AvgIpc) is 2.62. The lowest BCUT2D eigenvalue weighted by molar-refractivity contribution is -0.120. The highest BCUT2D eigenvalue weighted by atomic mass is 35.5. The molecule has 0 atom stereocenters. The number of hydrogen-bond acceptors (Lipinski definition) is 4. The van der Waals surface area contributed by atoms with Crippen LogP contribution >= 0.6 is 11.6 Å². The number of hydrogen-bond donors (Lipinski definition) is 1. The van der Waals surface area contributed by atoms with Crippen molar-refractivity contribution in [3.8, 4) is 17.6 Å². The Balaban J connectivity index is 1.86. The third kappa shape index (κ3) is 5.68. The first-order valence-electron chi connectivity index (χ1n) is 8.25. The maximum absolute atomic E-state index is 11.4. The molecular weight excluding hydrogens is 352 g/mol. The van der Waals surface area contributed by atoms with Crippen molar-refractivity contribution in [3.63, 3.8) is 0 Å². The number of rotatable bonds is 8. The van der Waals surface area contributed by atoms with Gasteiger partial charge in [0.1, 0.15) is 31.1 Å². The van der Waals surface area contributed by atoms with Crippen molar-refractivity contribution in [1.82, 2.24) is 5.32 Å². The molecular formula is C20H21ClN2O3. The number of aryl methyl sites for hydroxylation is 2. The molecule has 1 N–H and O–H groups in total. The minimum atomic E-state index is -0.306. The highest BCUT2D eigenvalue weighted by molar-refractivity contribution is 6.32. The van der Waals surface area contributed by atoms with Crippen molar-refractivity contribution >= 4 is 17.5 Å². The molecule has 0 aliphatic heterocycles. The Morgan fingerprint density at radius 2 is 1.81 bits per heavy atom. The Bertz CT molecular complexity index is 792. The molecule has 0 spiro atoms. The molecule has 136 valence electrons. The number of halogens is 1. The number of nitriles is 1. The maximum atomic E-state index is 11.4. The molecule has 0 bridgehead atoms. The van der Waals surface area contributed by atoms with Crippen molar-refractivity contribution in [1.29, 1.82) is 5.26 Å². The predicted octanol–water partition coefficient (Wildman–Crippen LogP) is 3.94. The van der Waals surface area contributed by atoms with E-state index >= 15 is 0 Å². The summed E-state index contributed by atoms with van der Waals surface area (Å²) in [5, 5.41) is 12.0. The van der Waals surface area contributed by atoms with Crippen LogP contribution in [0, 0.1) is 25.2 Å². The number of carbonyl (C=O) groups is 1. The quantitative estimate of drug-likeness (QED) is 0.712. The molecule has 0 heterocycles. The fraction of sp³-hybridized carbons (Fsp3) is 0.300. The van der Waals surface area contributed by atoms with Gasteiger partial charge in [-0.1, -0.05) is 29.8 Å². The largest absolute Gasteiger partial charge is 0.490 e. The Morgan fingerprint density at radius 3 is 2.50 bits per heavy atom. The van der Waals surface area contributed by atoms with E-state index in [-0.39, 0.29) is 12.3 Å². The second-order valence-electron chi connectivity index (χ2n) is 5.79. The monoisotopic (exact) mass is 372 g/mol. The van der Waals surface area contributed by atoms with Crippen molar-refractivity contribution in [2.45, 2.75) is 26.8 Å². The number of para-hydroxylation sites is 1. The average molecular weight is 373 g/mol. The van der Waals surface area contributed by atoms with E-state index < -0.39 is 0 Å². The van der Waals surface area contributed by atoms with E-state index in [1.165, 1.54) is 0 Å². The van der Waals surface area contributed by atoms with Crippen LogP contribution in [0.5, 0.6) is 11.5 Å². The van der Waals surface area contributed by atoms with Gasteiger partial charge in [-0.3, -0.25) is 4.79 Å². The molecule has 0 aliphatic rings. The molecule has 0 saturated heterocycles. The van der Waals surface area contributed by atoms with Crippen LogP contribution in [0.15, 0.2) is 36.4 Å². The molecule has 0 saturated carbocycles. The zero-order valence-electron chi connectivity index (χ0n) is 14.8. The van der Waals surface area contributed by atoms with Crippen LogP contribution in [0.2, 0.25) is 5.02 Å². The first-order chi connectivity index (χ1) is 12.5. The third-order valence-electron chi connectivity index (χ3n) is 3.71. The number of amides is 1. The predicted molar refractivity (Wildman–Crippen MR) is 100 cm³/mol. The lowest BCUT2D eigenvalue weighted by Crippen LogP contribution is -2.22. The van der Waals surface area contributed by atoms with Crippen LogP contribution in [-0.2, 0) is 11.3 Å². The zero-order chi connectivity index (χ0) is 18.9. The van der Waals surface area contributed by atoms with E-state index in [9.17, 15) is 4.79 Å². The smallest absolute Gasteiger partial charge is 0.234 e. The standard InChI is InChI=1S/C20H21ClN2O3/c1-14-11-17(12-15(2)20(14)21)25-9-10-26-18-6-4-3-5-16(18)13-23-19(24)7-8-22/h3-6,11-12H,7,9-10,13H2,1-2H3,(H,23,24). The summed E-state index contributed by atoms with van der Waals surface area (Å²) >= 11 is 6.15. The fourth-order valence-electron chi connectivity index (χ4n) is 2.42. The van der Waals surface area contributed by atoms with Crippen molar-refractivity contribution < 1.29 is 14.3 Å². The van der Waals surface area contributed by atoms with E-state index in [4.69, 9.17) is 26.3 Å². The van der Waals surface area contributed by atoms with Gasteiger partial charge in [0.15, 0.2) is 0 Å². The van der Waals surface area contributed by atoms with Crippen LogP contribution in [0.1, 0.15) is 23.1 Å². The Hall–Kier alpha value is -2.71. The Labute approximate surface area is 158 Å². The number of carbonyl (C=O) groups excluding carboxylic acids is 1. The number of nitrogens with one attached hydrogen (secondary N) is 1. The lowest BCUT2D eigenvalue weighted by Gasteiger charge is -2.13. The summed E-state index contributed by atoms with van der Waals surface area (Å²) < 4.78 is 11.5. The Kier molecular flexibility index (Phi) is 7.31. The zero-order valence-corrected chi connectivity index (χ0v) is 15.6. The minimum absolute atomic E-state index is 0.156. The summed E-state index contributed by atoms with van der Waals surface area (Å²) in [6.45, 7) is 4.94. The van der Waals surface area contributed by atoms with Gasteiger partial charge in [-0.25, -0.2) is 0 Å². The number of benzene rings is 2. The lowest BCUT2D eigenvalue weighted by atomic mass is 10.1. The molecule has 2 aromatic carbocycles. The van der Waals surface area contributed by atoms with E-state index in [0.717, 1.165) is 27.5 Å². The summed E-state index contributed by atoms with van der Waals surface area (Å²) in [5.41, 5.74) is 2.79. The van der Waals surface area contributed by atoms with Gasteiger partial charge in [-0.05, 0) is 43.2 Å². The topological polar surface area (TPSA) is 71.3 Å².